The van der Waals surface area contributed by atoms with E-state index in [1.54, 1.807) is 0 Å². The van der Waals surface area contributed by atoms with Gasteiger partial charge in [0, 0.05) is 25.7 Å². The van der Waals surface area contributed by atoms with Crippen LogP contribution in [0.4, 0.5) is 5.13 Å². The second kappa shape index (κ2) is 4.27. The molecule has 0 bridgehead atoms. The first-order valence-electron chi connectivity index (χ1n) is 5.85. The number of nitrogen functional groups attached to an aromatic ring is 1. The van der Waals surface area contributed by atoms with Crippen LogP contribution in [0, 0.1) is 0 Å². The minimum Gasteiger partial charge on any atom is -0.374 e. The summed E-state index contributed by atoms with van der Waals surface area (Å²) in [6.07, 6.45) is 2.72. The lowest BCUT2D eigenvalue weighted by atomic mass is 10.1. The van der Waals surface area contributed by atoms with E-state index >= 15 is 0 Å². The minimum atomic E-state index is 0.578. The molecule has 0 aliphatic carbocycles. The highest BCUT2D eigenvalue weighted by molar-refractivity contribution is 7.15. The summed E-state index contributed by atoms with van der Waals surface area (Å²) in [6.45, 7) is 5.75. The van der Waals surface area contributed by atoms with Crippen LogP contribution >= 0.6 is 11.3 Å². The summed E-state index contributed by atoms with van der Waals surface area (Å²) >= 11 is 1.51. The lowest BCUT2D eigenvalue weighted by Crippen LogP contribution is -2.49. The van der Waals surface area contributed by atoms with Gasteiger partial charge in [0.2, 0.25) is 5.13 Å². The minimum absolute atomic E-state index is 0.578. The van der Waals surface area contributed by atoms with E-state index in [1.807, 2.05) is 0 Å². The summed E-state index contributed by atoms with van der Waals surface area (Å²) in [5.74, 6) is 0. The average molecular weight is 239 g/mol. The Morgan fingerprint density at radius 2 is 2.25 bits per heavy atom. The summed E-state index contributed by atoms with van der Waals surface area (Å²) in [4.78, 5) is 5.09. The second-order valence-corrected chi connectivity index (χ2v) is 5.69. The Bertz CT molecular complexity index is 366. The number of hydrogen-bond acceptors (Lipinski definition) is 6. The number of piperazine rings is 1. The summed E-state index contributed by atoms with van der Waals surface area (Å²) < 4.78 is 0. The molecule has 1 atom stereocenters. The standard InChI is InChI=1S/C10H17N5S/c11-10-13-12-9(16-10)7-14-4-5-15-3-1-2-8(15)6-14/h8H,1-7H2,(H2,11,13). The molecule has 88 valence electrons. The van der Waals surface area contributed by atoms with Gasteiger partial charge in [-0.15, -0.1) is 10.2 Å². The van der Waals surface area contributed by atoms with E-state index in [9.17, 15) is 0 Å². The number of nitrogens with two attached hydrogens (primary N) is 1. The molecule has 3 heterocycles. The van der Waals surface area contributed by atoms with Crippen molar-refractivity contribution in [2.24, 2.45) is 0 Å². The highest BCUT2D eigenvalue weighted by atomic mass is 32.1. The highest BCUT2D eigenvalue weighted by Gasteiger charge is 2.30. The lowest BCUT2D eigenvalue weighted by molar-refractivity contribution is 0.0991. The van der Waals surface area contributed by atoms with Crippen molar-refractivity contribution in [3.63, 3.8) is 0 Å². The molecule has 6 heteroatoms. The van der Waals surface area contributed by atoms with Crippen LogP contribution in [0.3, 0.4) is 0 Å². The smallest absolute Gasteiger partial charge is 0.203 e. The van der Waals surface area contributed by atoms with E-state index in [0.29, 0.717) is 5.13 Å². The topological polar surface area (TPSA) is 58.3 Å². The monoisotopic (exact) mass is 239 g/mol. The Balaban J connectivity index is 1.60. The van der Waals surface area contributed by atoms with Gasteiger partial charge >= 0.3 is 0 Å². The van der Waals surface area contributed by atoms with Gasteiger partial charge in [-0.05, 0) is 19.4 Å². The van der Waals surface area contributed by atoms with E-state index in [0.717, 1.165) is 24.1 Å². The number of hydrogen-bond donors (Lipinski definition) is 1. The molecule has 0 saturated carbocycles. The van der Waals surface area contributed by atoms with Crippen molar-refractivity contribution in [2.45, 2.75) is 25.4 Å². The van der Waals surface area contributed by atoms with Crippen LogP contribution < -0.4 is 5.73 Å². The van der Waals surface area contributed by atoms with E-state index < -0.39 is 0 Å². The van der Waals surface area contributed by atoms with Crippen molar-refractivity contribution in [3.8, 4) is 0 Å². The Hall–Kier alpha value is -0.720. The quantitative estimate of drug-likeness (QED) is 0.809. The van der Waals surface area contributed by atoms with E-state index in [2.05, 4.69) is 20.0 Å². The van der Waals surface area contributed by atoms with Crippen LogP contribution in [0.25, 0.3) is 0 Å². The van der Waals surface area contributed by atoms with Gasteiger partial charge in [0.1, 0.15) is 5.01 Å². The predicted molar refractivity (Wildman–Crippen MR) is 64.2 cm³/mol. The Morgan fingerprint density at radius 3 is 3.06 bits per heavy atom. The SMILES string of the molecule is Nc1nnc(CN2CCN3CCCC3C2)s1. The van der Waals surface area contributed by atoms with E-state index in [-0.39, 0.29) is 0 Å². The lowest BCUT2D eigenvalue weighted by Gasteiger charge is -2.36. The third-order valence-electron chi connectivity index (χ3n) is 3.51. The first-order chi connectivity index (χ1) is 7.81. The van der Waals surface area contributed by atoms with Gasteiger partial charge in [0.05, 0.1) is 6.54 Å². The summed E-state index contributed by atoms with van der Waals surface area (Å²) in [5.41, 5.74) is 5.59. The van der Waals surface area contributed by atoms with Crippen LogP contribution in [0.1, 0.15) is 17.8 Å². The molecule has 1 unspecified atom stereocenters. The number of fused-ring (bicyclic) bond motifs is 1. The van der Waals surface area contributed by atoms with Crippen molar-refractivity contribution in [3.05, 3.63) is 5.01 Å². The van der Waals surface area contributed by atoms with Gasteiger partial charge in [-0.2, -0.15) is 0 Å². The molecular weight excluding hydrogens is 222 g/mol. The summed E-state index contributed by atoms with van der Waals surface area (Å²) in [6, 6.07) is 0.777. The molecule has 2 aliphatic heterocycles. The first kappa shape index (κ1) is 10.4. The molecule has 0 radical (unpaired) electrons. The van der Waals surface area contributed by atoms with Crippen LogP contribution in [-0.4, -0.2) is 52.2 Å². The van der Waals surface area contributed by atoms with Crippen LogP contribution in [-0.2, 0) is 6.54 Å². The first-order valence-corrected chi connectivity index (χ1v) is 6.67. The normalized spacial score (nSPS) is 27.1. The zero-order valence-electron chi connectivity index (χ0n) is 9.30. The van der Waals surface area contributed by atoms with Crippen molar-refractivity contribution < 1.29 is 0 Å². The molecule has 1 aromatic rings. The molecular formula is C10H17N5S. The molecule has 3 rings (SSSR count). The Kier molecular flexibility index (Phi) is 2.79. The zero-order chi connectivity index (χ0) is 11.0. The molecule has 5 nitrogen and oxygen atoms in total. The largest absolute Gasteiger partial charge is 0.374 e. The number of anilines is 1. The average Bonchev–Trinajstić information content (AvgIpc) is 2.87. The maximum atomic E-state index is 5.59. The summed E-state index contributed by atoms with van der Waals surface area (Å²) in [7, 11) is 0. The molecule has 1 aromatic heterocycles. The fourth-order valence-corrected chi connectivity index (χ4v) is 3.37. The maximum absolute atomic E-state index is 5.59. The molecule has 0 aromatic carbocycles. The molecule has 0 amide bonds. The van der Waals surface area contributed by atoms with E-state index in [4.69, 9.17) is 5.73 Å². The van der Waals surface area contributed by atoms with E-state index in [1.165, 1.54) is 43.8 Å². The number of nitrogens with zero attached hydrogens (tertiary/aromatic N) is 4. The number of rotatable bonds is 2. The van der Waals surface area contributed by atoms with Crippen molar-refractivity contribution in [1.82, 2.24) is 20.0 Å². The van der Waals surface area contributed by atoms with Crippen molar-refractivity contribution in [1.29, 1.82) is 0 Å². The second-order valence-electron chi connectivity index (χ2n) is 4.60. The third-order valence-corrected chi connectivity index (χ3v) is 4.25. The van der Waals surface area contributed by atoms with Gasteiger partial charge in [0.25, 0.3) is 0 Å². The summed E-state index contributed by atoms with van der Waals surface area (Å²) in [5, 5.41) is 9.57. The third kappa shape index (κ3) is 2.05. The van der Waals surface area contributed by atoms with Gasteiger partial charge < -0.3 is 5.73 Å². The van der Waals surface area contributed by atoms with Crippen molar-refractivity contribution in [2.75, 3.05) is 31.9 Å². The number of aromatic nitrogens is 2. The predicted octanol–water partition coefficient (Wildman–Crippen LogP) is 0.400. The Morgan fingerprint density at radius 1 is 1.31 bits per heavy atom. The fraction of sp³-hybridized carbons (Fsp3) is 0.800. The van der Waals surface area contributed by atoms with Gasteiger partial charge in [-0.1, -0.05) is 11.3 Å². The molecule has 0 spiro atoms. The van der Waals surface area contributed by atoms with Gasteiger partial charge in [-0.25, -0.2) is 0 Å². The van der Waals surface area contributed by atoms with Gasteiger partial charge in [0.15, 0.2) is 0 Å². The van der Waals surface area contributed by atoms with Crippen LogP contribution in [0.2, 0.25) is 0 Å². The molecule has 16 heavy (non-hydrogen) atoms. The highest BCUT2D eigenvalue weighted by Crippen LogP contribution is 2.23. The molecule has 2 N–H and O–H groups in total. The fourth-order valence-electron chi connectivity index (χ4n) is 2.72. The Labute approximate surface area is 99.2 Å². The van der Waals surface area contributed by atoms with Crippen LogP contribution in [0.5, 0.6) is 0 Å². The van der Waals surface area contributed by atoms with Crippen LogP contribution in [0.15, 0.2) is 0 Å². The maximum Gasteiger partial charge on any atom is 0.203 e. The van der Waals surface area contributed by atoms with Gasteiger partial charge in [-0.3, -0.25) is 9.80 Å². The zero-order valence-corrected chi connectivity index (χ0v) is 10.1. The van der Waals surface area contributed by atoms with Crippen molar-refractivity contribution >= 4 is 16.5 Å². The molecule has 2 saturated heterocycles. The molecule has 2 fully saturated rings. The molecule has 2 aliphatic rings.